The number of carbonyl (C=O) groups is 2. The maximum atomic E-state index is 12.8. The molecule has 1 N–H and O–H groups in total. The SMILES string of the molecule is CC(NC(=O)COCC(=O)N(c1ccccc1)c1ccccc1)c1ccccc1. The van der Waals surface area contributed by atoms with Gasteiger partial charge in [-0.2, -0.15) is 0 Å². The van der Waals surface area contributed by atoms with E-state index < -0.39 is 0 Å². The quantitative estimate of drug-likeness (QED) is 0.628. The molecule has 2 amide bonds. The van der Waals surface area contributed by atoms with Crippen molar-refractivity contribution in [3.63, 3.8) is 0 Å². The average Bonchev–Trinajstić information content (AvgIpc) is 2.76. The van der Waals surface area contributed by atoms with Crippen LogP contribution in [0.2, 0.25) is 0 Å². The third-order valence-electron chi connectivity index (χ3n) is 4.41. The Morgan fingerprint density at radius 2 is 1.28 bits per heavy atom. The molecule has 3 aromatic rings. The second-order valence-corrected chi connectivity index (χ2v) is 6.59. The minimum absolute atomic E-state index is 0.131. The zero-order valence-electron chi connectivity index (χ0n) is 16.3. The van der Waals surface area contributed by atoms with E-state index in [0.29, 0.717) is 0 Å². The number of nitrogens with zero attached hydrogens (tertiary/aromatic N) is 1. The van der Waals surface area contributed by atoms with E-state index in [-0.39, 0.29) is 31.1 Å². The largest absolute Gasteiger partial charge is 0.362 e. The number of hydrogen-bond acceptors (Lipinski definition) is 3. The number of ether oxygens (including phenoxy) is 1. The van der Waals surface area contributed by atoms with Gasteiger partial charge in [0.25, 0.3) is 5.91 Å². The maximum absolute atomic E-state index is 12.8. The fraction of sp³-hybridized carbons (Fsp3) is 0.167. The van der Waals surface area contributed by atoms with Gasteiger partial charge in [0.05, 0.1) is 6.04 Å². The molecule has 0 saturated heterocycles. The van der Waals surface area contributed by atoms with E-state index in [0.717, 1.165) is 16.9 Å². The second-order valence-electron chi connectivity index (χ2n) is 6.59. The smallest absolute Gasteiger partial charge is 0.257 e. The van der Waals surface area contributed by atoms with Crippen LogP contribution in [0.4, 0.5) is 11.4 Å². The van der Waals surface area contributed by atoms with Gasteiger partial charge in [0, 0.05) is 11.4 Å². The lowest BCUT2D eigenvalue weighted by molar-refractivity contribution is -0.129. The number of nitrogens with one attached hydrogen (secondary N) is 1. The predicted octanol–water partition coefficient (Wildman–Crippen LogP) is 4.25. The normalized spacial score (nSPS) is 11.5. The van der Waals surface area contributed by atoms with Crippen molar-refractivity contribution in [1.29, 1.82) is 0 Å². The number of hydrogen-bond donors (Lipinski definition) is 1. The molecule has 0 heterocycles. The number of benzene rings is 3. The summed E-state index contributed by atoms with van der Waals surface area (Å²) in [5, 5.41) is 2.87. The number of para-hydroxylation sites is 2. The molecule has 29 heavy (non-hydrogen) atoms. The first-order valence-corrected chi connectivity index (χ1v) is 9.50. The minimum Gasteiger partial charge on any atom is -0.362 e. The van der Waals surface area contributed by atoms with Crippen molar-refractivity contribution in [3.05, 3.63) is 96.6 Å². The molecule has 5 nitrogen and oxygen atoms in total. The number of amides is 2. The van der Waals surface area contributed by atoms with Crippen LogP contribution in [0.25, 0.3) is 0 Å². The van der Waals surface area contributed by atoms with E-state index >= 15 is 0 Å². The average molecular weight is 388 g/mol. The minimum atomic E-state index is -0.264. The third-order valence-corrected chi connectivity index (χ3v) is 4.41. The Balaban J connectivity index is 1.57. The van der Waals surface area contributed by atoms with Crippen LogP contribution in [-0.2, 0) is 14.3 Å². The molecule has 0 bridgehead atoms. The zero-order chi connectivity index (χ0) is 20.5. The van der Waals surface area contributed by atoms with Gasteiger partial charge in [-0.15, -0.1) is 0 Å². The van der Waals surface area contributed by atoms with Gasteiger partial charge in [-0.3, -0.25) is 14.5 Å². The van der Waals surface area contributed by atoms with Crippen molar-refractivity contribution in [2.75, 3.05) is 18.1 Å². The summed E-state index contributed by atoms with van der Waals surface area (Å²) in [6.07, 6.45) is 0. The first-order valence-electron chi connectivity index (χ1n) is 9.50. The highest BCUT2D eigenvalue weighted by Crippen LogP contribution is 2.25. The van der Waals surface area contributed by atoms with Crippen LogP contribution in [0.5, 0.6) is 0 Å². The lowest BCUT2D eigenvalue weighted by Crippen LogP contribution is -2.34. The Bertz CT molecular complexity index is 875. The summed E-state index contributed by atoms with van der Waals surface area (Å²) in [5.74, 6) is -0.508. The van der Waals surface area contributed by atoms with Crippen molar-refractivity contribution < 1.29 is 14.3 Å². The Kier molecular flexibility index (Phi) is 7.14. The predicted molar refractivity (Wildman–Crippen MR) is 114 cm³/mol. The summed E-state index contributed by atoms with van der Waals surface area (Å²) in [7, 11) is 0. The van der Waals surface area contributed by atoms with E-state index in [9.17, 15) is 9.59 Å². The third kappa shape index (κ3) is 5.77. The van der Waals surface area contributed by atoms with Gasteiger partial charge in [0.15, 0.2) is 0 Å². The van der Waals surface area contributed by atoms with Crippen molar-refractivity contribution >= 4 is 23.2 Å². The van der Waals surface area contributed by atoms with E-state index in [1.165, 1.54) is 0 Å². The molecule has 5 heteroatoms. The summed E-state index contributed by atoms with van der Waals surface area (Å²) < 4.78 is 5.41. The molecule has 3 rings (SSSR count). The molecule has 0 saturated carbocycles. The molecule has 0 aliphatic carbocycles. The molecule has 148 valence electrons. The van der Waals surface area contributed by atoms with Crippen LogP contribution in [0, 0.1) is 0 Å². The van der Waals surface area contributed by atoms with Gasteiger partial charge < -0.3 is 10.1 Å². The van der Waals surface area contributed by atoms with Crippen molar-refractivity contribution in [1.82, 2.24) is 5.32 Å². The van der Waals surface area contributed by atoms with E-state index in [4.69, 9.17) is 4.74 Å². The van der Waals surface area contributed by atoms with Crippen LogP contribution >= 0.6 is 0 Å². The molecule has 0 fully saturated rings. The van der Waals surface area contributed by atoms with Gasteiger partial charge in [0.1, 0.15) is 13.2 Å². The lowest BCUT2D eigenvalue weighted by atomic mass is 10.1. The van der Waals surface area contributed by atoms with Crippen molar-refractivity contribution in [2.24, 2.45) is 0 Å². The number of carbonyl (C=O) groups excluding carboxylic acids is 2. The first kappa shape index (κ1) is 20.3. The summed E-state index contributed by atoms with van der Waals surface area (Å²) in [5.41, 5.74) is 2.50. The Labute approximate surface area is 170 Å². The molecule has 3 aromatic carbocycles. The summed E-state index contributed by atoms with van der Waals surface area (Å²) >= 11 is 0. The van der Waals surface area contributed by atoms with Gasteiger partial charge >= 0.3 is 0 Å². The molecule has 0 spiro atoms. The highest BCUT2D eigenvalue weighted by Gasteiger charge is 2.18. The zero-order valence-corrected chi connectivity index (χ0v) is 16.3. The fourth-order valence-electron chi connectivity index (χ4n) is 2.99. The van der Waals surface area contributed by atoms with Crippen molar-refractivity contribution in [3.8, 4) is 0 Å². The first-order chi connectivity index (χ1) is 14.1. The number of anilines is 2. The molecule has 1 atom stereocenters. The second kappa shape index (κ2) is 10.2. The van der Waals surface area contributed by atoms with Gasteiger partial charge in [-0.05, 0) is 36.8 Å². The summed E-state index contributed by atoms with van der Waals surface area (Å²) in [6.45, 7) is 1.53. The topological polar surface area (TPSA) is 58.6 Å². The molecule has 0 aromatic heterocycles. The highest BCUT2D eigenvalue weighted by molar-refractivity contribution is 6.01. The molecule has 1 unspecified atom stereocenters. The molecule has 0 radical (unpaired) electrons. The van der Waals surface area contributed by atoms with Crippen LogP contribution in [0.15, 0.2) is 91.0 Å². The van der Waals surface area contributed by atoms with Crippen LogP contribution in [0.1, 0.15) is 18.5 Å². The summed E-state index contributed by atoms with van der Waals surface area (Å²) in [4.78, 5) is 26.6. The van der Waals surface area contributed by atoms with Gasteiger partial charge in [-0.1, -0.05) is 66.7 Å². The Hall–Kier alpha value is -3.44. The van der Waals surface area contributed by atoms with Gasteiger partial charge in [-0.25, -0.2) is 0 Å². The summed E-state index contributed by atoms with van der Waals surface area (Å²) in [6, 6.07) is 28.3. The highest BCUT2D eigenvalue weighted by atomic mass is 16.5. The Morgan fingerprint density at radius 3 is 1.79 bits per heavy atom. The Morgan fingerprint density at radius 1 is 0.793 bits per heavy atom. The van der Waals surface area contributed by atoms with E-state index in [2.05, 4.69) is 5.32 Å². The number of rotatable bonds is 8. The van der Waals surface area contributed by atoms with E-state index in [1.54, 1.807) is 4.90 Å². The monoisotopic (exact) mass is 388 g/mol. The maximum Gasteiger partial charge on any atom is 0.257 e. The molecular weight excluding hydrogens is 364 g/mol. The van der Waals surface area contributed by atoms with Crippen LogP contribution < -0.4 is 10.2 Å². The molecule has 0 aliphatic heterocycles. The fourth-order valence-corrected chi connectivity index (χ4v) is 2.99. The standard InChI is InChI=1S/C24H24N2O3/c1-19(20-11-5-2-6-12-20)25-23(27)17-29-18-24(28)26(21-13-7-3-8-14-21)22-15-9-4-10-16-22/h2-16,19H,17-18H2,1H3,(H,25,27). The molecular formula is C24H24N2O3. The van der Waals surface area contributed by atoms with E-state index in [1.807, 2.05) is 97.9 Å². The van der Waals surface area contributed by atoms with Crippen LogP contribution in [-0.4, -0.2) is 25.0 Å². The van der Waals surface area contributed by atoms with Crippen molar-refractivity contribution in [2.45, 2.75) is 13.0 Å². The molecule has 0 aliphatic rings. The van der Waals surface area contributed by atoms with Gasteiger partial charge in [0.2, 0.25) is 5.91 Å². The van der Waals surface area contributed by atoms with Crippen LogP contribution in [0.3, 0.4) is 0 Å². The lowest BCUT2D eigenvalue weighted by Gasteiger charge is -2.23.